The van der Waals surface area contributed by atoms with Crippen LogP contribution in [-0.2, 0) is 4.74 Å². The minimum atomic E-state index is -1.13. The van der Waals surface area contributed by atoms with Gasteiger partial charge >= 0.3 is 11.9 Å². The minimum absolute atomic E-state index is 0. The zero-order valence-corrected chi connectivity index (χ0v) is 11.0. The molecule has 1 rings (SSSR count). The molecule has 1 N–H and O–H groups in total. The van der Waals surface area contributed by atoms with E-state index in [1.807, 2.05) is 0 Å². The predicted molar refractivity (Wildman–Crippen MR) is 48.3 cm³/mol. The van der Waals surface area contributed by atoms with Crippen LogP contribution in [0.25, 0.3) is 0 Å². The Balaban J connectivity index is 0.00000169. The van der Waals surface area contributed by atoms with Gasteiger partial charge in [-0.3, -0.25) is 4.98 Å². The molecule has 0 saturated carbocycles. The van der Waals surface area contributed by atoms with Crippen LogP contribution in [0, 0.1) is 0 Å². The van der Waals surface area contributed by atoms with Crippen molar-refractivity contribution in [3.05, 3.63) is 29.6 Å². The summed E-state index contributed by atoms with van der Waals surface area (Å²) in [6, 6.07) is 1.21. The molecule has 6 heteroatoms. The van der Waals surface area contributed by atoms with Gasteiger partial charge in [-0.1, -0.05) is 0 Å². The quantitative estimate of drug-likeness (QED) is 0.568. The van der Waals surface area contributed by atoms with Gasteiger partial charge in [-0.05, 0) is 6.07 Å². The first-order valence-electron chi connectivity index (χ1n) is 3.42. The molecule has 0 atom stereocenters. The maximum absolute atomic E-state index is 10.9. The van der Waals surface area contributed by atoms with Gasteiger partial charge in [-0.25, -0.2) is 9.59 Å². The van der Waals surface area contributed by atoms with Gasteiger partial charge in [0, 0.05) is 63.8 Å². The van der Waals surface area contributed by atoms with Gasteiger partial charge in [-0.15, -0.1) is 0 Å². The van der Waals surface area contributed by atoms with E-state index in [2.05, 4.69) is 9.72 Å². The molecule has 0 aliphatic heterocycles. The summed E-state index contributed by atoms with van der Waals surface area (Å²) >= 11 is 0. The van der Waals surface area contributed by atoms with Crippen LogP contribution in [0.5, 0.6) is 0 Å². The SMILES string of the molecule is COC(=O)c1cncc(C(=O)O)c1.[K]. The first-order chi connectivity index (χ1) is 6.15. The Kier molecular flexibility index (Phi) is 6.13. The van der Waals surface area contributed by atoms with Gasteiger partial charge in [0.25, 0.3) is 0 Å². The maximum atomic E-state index is 10.9. The number of methoxy groups -OCH3 is 1. The van der Waals surface area contributed by atoms with Crippen molar-refractivity contribution in [3.63, 3.8) is 0 Å². The molecule has 14 heavy (non-hydrogen) atoms. The van der Waals surface area contributed by atoms with Crippen molar-refractivity contribution in [2.45, 2.75) is 0 Å². The Hall–Kier alpha value is -0.274. The molecule has 0 saturated heterocycles. The number of carboxylic acids is 1. The summed E-state index contributed by atoms with van der Waals surface area (Å²) in [7, 11) is 1.22. The monoisotopic (exact) mass is 220 g/mol. The zero-order valence-electron chi connectivity index (χ0n) is 7.85. The number of hydrogen-bond donors (Lipinski definition) is 1. The molecular weight excluding hydrogens is 213 g/mol. The van der Waals surface area contributed by atoms with Gasteiger partial charge in [0.1, 0.15) is 0 Å². The molecule has 1 radical (unpaired) electrons. The minimum Gasteiger partial charge on any atom is -0.478 e. The smallest absolute Gasteiger partial charge is 0.339 e. The number of hydrogen-bond acceptors (Lipinski definition) is 4. The summed E-state index contributed by atoms with van der Waals surface area (Å²) in [4.78, 5) is 25.0. The van der Waals surface area contributed by atoms with E-state index in [0.29, 0.717) is 0 Å². The zero-order chi connectivity index (χ0) is 9.84. The Morgan fingerprint density at radius 3 is 2.43 bits per heavy atom. The van der Waals surface area contributed by atoms with Crippen LogP contribution < -0.4 is 0 Å². The molecule has 0 amide bonds. The van der Waals surface area contributed by atoms with Gasteiger partial charge in [0.05, 0.1) is 18.2 Å². The summed E-state index contributed by atoms with van der Waals surface area (Å²) in [5, 5.41) is 8.57. The van der Waals surface area contributed by atoms with Crippen LogP contribution in [0.4, 0.5) is 0 Å². The third-order valence-corrected chi connectivity index (χ3v) is 1.41. The molecule has 0 aromatic carbocycles. The molecule has 5 nitrogen and oxygen atoms in total. The number of carbonyl (C=O) groups is 2. The van der Waals surface area contributed by atoms with Crippen LogP contribution >= 0.6 is 0 Å². The summed E-state index contributed by atoms with van der Waals surface area (Å²) in [6.45, 7) is 0. The fourth-order valence-corrected chi connectivity index (χ4v) is 0.786. The Morgan fingerprint density at radius 2 is 1.93 bits per heavy atom. The number of carboxylic acid groups (broad SMARTS) is 1. The topological polar surface area (TPSA) is 76.5 Å². The van der Waals surface area contributed by atoms with E-state index in [4.69, 9.17) is 5.11 Å². The molecule has 0 fully saturated rings. The van der Waals surface area contributed by atoms with Crippen LogP contribution in [0.15, 0.2) is 18.5 Å². The molecule has 0 aliphatic rings. The van der Waals surface area contributed by atoms with Crippen molar-refractivity contribution in [2.75, 3.05) is 7.11 Å². The third-order valence-electron chi connectivity index (χ3n) is 1.41. The normalized spacial score (nSPS) is 8.64. The van der Waals surface area contributed by atoms with E-state index in [-0.39, 0.29) is 62.5 Å². The van der Waals surface area contributed by atoms with Crippen molar-refractivity contribution in [2.24, 2.45) is 0 Å². The molecular formula is C8H7KNO4. The molecule has 1 heterocycles. The maximum Gasteiger partial charge on any atom is 0.339 e. The molecule has 1 aromatic heterocycles. The third kappa shape index (κ3) is 3.47. The van der Waals surface area contributed by atoms with Gasteiger partial charge in [0.2, 0.25) is 0 Å². The molecule has 69 valence electrons. The number of ether oxygens (including phenoxy) is 1. The molecule has 0 spiro atoms. The van der Waals surface area contributed by atoms with Crippen LogP contribution in [0.1, 0.15) is 20.7 Å². The van der Waals surface area contributed by atoms with Crippen molar-refractivity contribution in [3.8, 4) is 0 Å². The Labute approximate surface area is 123 Å². The average Bonchev–Trinajstić information content (AvgIpc) is 2.17. The largest absolute Gasteiger partial charge is 0.478 e. The number of esters is 1. The van der Waals surface area contributed by atoms with Crippen molar-refractivity contribution in [1.82, 2.24) is 4.98 Å². The first kappa shape index (κ1) is 13.7. The van der Waals surface area contributed by atoms with E-state index in [9.17, 15) is 9.59 Å². The second kappa shape index (κ2) is 6.26. The van der Waals surface area contributed by atoms with Gasteiger partial charge in [-0.2, -0.15) is 0 Å². The second-order valence-electron chi connectivity index (χ2n) is 2.26. The number of aromatic carboxylic acids is 1. The molecule has 0 unspecified atom stereocenters. The molecule has 0 aliphatic carbocycles. The van der Waals surface area contributed by atoms with Crippen LogP contribution in [-0.4, -0.2) is 80.5 Å². The second-order valence-corrected chi connectivity index (χ2v) is 2.26. The Morgan fingerprint density at radius 1 is 1.36 bits per heavy atom. The van der Waals surface area contributed by atoms with Crippen LogP contribution in [0.2, 0.25) is 0 Å². The summed E-state index contributed by atoms with van der Waals surface area (Å²) in [5.41, 5.74) is 0.0882. The standard InChI is InChI=1S/C8H7NO4.K/c1-13-8(12)6-2-5(7(10)11)3-9-4-6;/h2-4H,1H3,(H,10,11);. The number of carbonyl (C=O) groups excluding carboxylic acids is 1. The van der Waals surface area contributed by atoms with E-state index in [1.54, 1.807) is 0 Å². The Bertz CT molecular complexity index is 353. The predicted octanol–water partition coefficient (Wildman–Crippen LogP) is 0.186. The van der Waals surface area contributed by atoms with Gasteiger partial charge < -0.3 is 9.84 Å². The first-order valence-corrected chi connectivity index (χ1v) is 3.42. The fourth-order valence-electron chi connectivity index (χ4n) is 0.786. The summed E-state index contributed by atoms with van der Waals surface area (Å²) in [5.74, 6) is -1.73. The van der Waals surface area contributed by atoms with Crippen molar-refractivity contribution in [1.29, 1.82) is 0 Å². The number of aromatic nitrogens is 1. The van der Waals surface area contributed by atoms with Crippen molar-refractivity contribution >= 4 is 63.3 Å². The van der Waals surface area contributed by atoms with Gasteiger partial charge in [0.15, 0.2) is 0 Å². The summed E-state index contributed by atoms with van der Waals surface area (Å²) < 4.78 is 4.40. The summed E-state index contributed by atoms with van der Waals surface area (Å²) in [6.07, 6.45) is 2.41. The van der Waals surface area contributed by atoms with E-state index < -0.39 is 11.9 Å². The van der Waals surface area contributed by atoms with E-state index >= 15 is 0 Å². The number of pyridine rings is 1. The number of rotatable bonds is 2. The average molecular weight is 220 g/mol. The van der Waals surface area contributed by atoms with E-state index in [1.165, 1.54) is 19.4 Å². The van der Waals surface area contributed by atoms with E-state index in [0.717, 1.165) is 6.20 Å². The van der Waals surface area contributed by atoms with Crippen molar-refractivity contribution < 1.29 is 19.4 Å². The molecule has 1 aromatic rings. The fraction of sp³-hybridized carbons (Fsp3) is 0.125. The van der Waals surface area contributed by atoms with Crippen LogP contribution in [0.3, 0.4) is 0 Å². The number of nitrogens with zero attached hydrogens (tertiary/aromatic N) is 1. The molecule has 0 bridgehead atoms.